The predicted molar refractivity (Wildman–Crippen MR) is 509 cm³/mol. The number of nitrogens with one attached hydrogen (secondary N) is 8. The second-order valence-corrected chi connectivity index (χ2v) is 38.1. The topological polar surface area (TPSA) is 370 Å². The number of thiol groups is 2. The summed E-state index contributed by atoms with van der Waals surface area (Å²) in [7, 11) is 0. The summed E-state index contributed by atoms with van der Waals surface area (Å²) in [6.07, 6.45) is 14.0. The Morgan fingerprint density at radius 1 is 0.682 bits per heavy atom. The van der Waals surface area contributed by atoms with Crippen LogP contribution in [-0.2, 0) is 49.7 Å². The van der Waals surface area contributed by atoms with E-state index >= 15 is 0 Å². The number of nitrogens with zero attached hydrogens (tertiary/aromatic N) is 12. The van der Waals surface area contributed by atoms with Crippen molar-refractivity contribution in [1.82, 2.24) is 91.0 Å². The molecule has 4 fully saturated rings. The van der Waals surface area contributed by atoms with Gasteiger partial charge in [-0.15, -0.1) is 59.3 Å². The molecule has 10 aromatic heterocycles. The summed E-state index contributed by atoms with van der Waals surface area (Å²) in [5.74, 6) is 9.92. The van der Waals surface area contributed by atoms with Crippen LogP contribution in [0.3, 0.4) is 0 Å². The van der Waals surface area contributed by atoms with Gasteiger partial charge in [0.25, 0.3) is 34.7 Å². The number of aryl methyl sites for hydroxylation is 5. The van der Waals surface area contributed by atoms with Crippen molar-refractivity contribution in [2.45, 2.75) is 152 Å². The molecule has 2 aromatic carbocycles. The molecule has 666 valence electrons. The number of aromatic nitrogens is 9. The zero-order chi connectivity index (χ0) is 89.9. The van der Waals surface area contributed by atoms with Crippen molar-refractivity contribution in [1.29, 1.82) is 0 Å². The molecule has 12 aromatic rings. The minimum absolute atomic E-state index is 0.0105. The number of piperidine rings is 1. The SMILES string of the molecule is CC[C@@H]1CN(c2ccc(CCNC(=O)c3cnc4c(ccn4CC(=O)NCCOCCNC(=O)C#Cc4c(C)sc5nc(S)n(-c6cc(C)ccn6)c(=O)c45)c3)cc2)CC([C@]23CC[C@H](CN(c4ccc5c(c4)CC[C@H](NC(=O)c4sc6nc(C(C)NC(=O)C7CCN(CCNC(=O)C#Cc8c(C)sc9nc(S)n(-c%10cc(C)ccn%10)c(=O)c89)CC7)ccc6c4N)C5)C2)N3)N1. The highest BCUT2D eigenvalue weighted by Gasteiger charge is 2.51. The van der Waals surface area contributed by atoms with Gasteiger partial charge in [-0.2, -0.15) is 0 Å². The van der Waals surface area contributed by atoms with Gasteiger partial charge in [-0.25, -0.2) is 39.0 Å². The summed E-state index contributed by atoms with van der Waals surface area (Å²) >= 11 is 12.8. The van der Waals surface area contributed by atoms with E-state index < -0.39 is 17.9 Å². The van der Waals surface area contributed by atoms with Crippen LogP contribution < -0.4 is 69.2 Å². The number of pyridine rings is 4. The third-order valence-corrected chi connectivity index (χ3v) is 28.8. The summed E-state index contributed by atoms with van der Waals surface area (Å²) in [4.78, 5) is 146. The van der Waals surface area contributed by atoms with E-state index in [4.69, 9.17) is 15.5 Å². The Bertz CT molecular complexity index is 6650. The average Bonchev–Trinajstić information content (AvgIpc) is 1.63. The molecule has 4 saturated heterocycles. The maximum absolute atomic E-state index is 14.2. The van der Waals surface area contributed by atoms with E-state index in [2.05, 4.69) is 180 Å². The van der Waals surface area contributed by atoms with E-state index in [-0.39, 0.29) is 101 Å². The fourth-order valence-electron chi connectivity index (χ4n) is 18.2. The van der Waals surface area contributed by atoms with Gasteiger partial charge in [0, 0.05) is 158 Å². The molecule has 30 nitrogen and oxygen atoms in total. The Kier molecular flexibility index (Phi) is 26.8. The molecule has 0 spiro atoms. The number of amides is 6. The molecule has 1 aliphatic carbocycles. The number of anilines is 3. The molecule has 17 rings (SSSR count). The monoisotopic (exact) mass is 1830 g/mol. The molecule has 5 aliphatic rings. The van der Waals surface area contributed by atoms with Gasteiger partial charge < -0.3 is 72.3 Å². The highest BCUT2D eigenvalue weighted by molar-refractivity contribution is 7.80. The van der Waals surface area contributed by atoms with Gasteiger partial charge in [0.1, 0.15) is 43.2 Å². The molecule has 129 heavy (non-hydrogen) atoms. The number of nitrogens with two attached hydrogens (primary N) is 1. The number of hydrogen-bond acceptors (Lipinski definition) is 26. The maximum Gasteiger partial charge on any atom is 0.296 e. The molecule has 2 bridgehead atoms. The average molecular weight is 1830 g/mol. The standard InChI is InChI=1S/C94H101N21O9S5/c1-7-64-48-112(67-13-8-58(9-14-67)25-32-101-84(119)63-44-62-28-38-111(83(62)102-47-63)51-78(118)100-35-41-124-40-34-99-77(117)21-18-70-57(6)128-89-80(70)91(123)115(93(126)108-89)75-43-54(3)24-31-97-75)50-73(104-64)94-29-22-66(109-94)49-113(52-94)68-15-11-60-45-65(12-10-61(60)46-68)105-86(121)82-81(95)71-16-19-72(106-87(71)129-82)55(4)103-85(120)59-26-36-110(37-27-59)39-33-98-76(116)20-17-69-56(5)127-88-79(69)90(122)114(92(125)107-88)74-42-53(2)23-30-96-74/h8-9,11,13-16,19,23-24,28,30-31,38,42-44,46-47,55,59,64-66,73,104,109H,7,10,12,22,25-27,29,32-37,39-41,45,48-52,95H2,1-6H3,(H,98,116)(H,99,117)(H,100,118)(H,101,119)(H,103,120)(H,105,121)(H,107,125)(H,108,126)/t55?,64-,65+,66-,73?,94+/m1/s1. The van der Waals surface area contributed by atoms with E-state index in [0.717, 1.165) is 90.1 Å². The van der Waals surface area contributed by atoms with Crippen molar-refractivity contribution in [3.05, 3.63) is 201 Å². The molecular weight excluding hydrogens is 1730 g/mol. The van der Waals surface area contributed by atoms with Gasteiger partial charge in [-0.3, -0.25) is 38.4 Å². The van der Waals surface area contributed by atoms with Crippen LogP contribution in [0.25, 0.3) is 53.3 Å². The first-order valence-corrected chi connectivity index (χ1v) is 47.0. The number of carbonyl (C=O) groups is 6. The van der Waals surface area contributed by atoms with Crippen molar-refractivity contribution in [3.63, 3.8) is 0 Å². The van der Waals surface area contributed by atoms with Crippen LogP contribution >= 0.6 is 59.3 Å². The molecular formula is C94H101N21O9S5. The summed E-state index contributed by atoms with van der Waals surface area (Å²) < 4.78 is 10.0. The fraction of sp³-hybridized carbons (Fsp3) is 0.383. The molecule has 14 heterocycles. The number of rotatable bonds is 26. The maximum atomic E-state index is 14.2. The lowest BCUT2D eigenvalue weighted by Gasteiger charge is -2.52. The van der Waals surface area contributed by atoms with E-state index in [9.17, 15) is 38.4 Å². The third kappa shape index (κ3) is 19.7. The number of fused-ring (bicyclic) bond motifs is 7. The van der Waals surface area contributed by atoms with Crippen molar-refractivity contribution in [2.24, 2.45) is 5.92 Å². The number of piperazine rings is 2. The van der Waals surface area contributed by atoms with E-state index in [1.165, 1.54) is 71.8 Å². The molecule has 2 unspecified atom stereocenters. The normalized spacial score (nSPS) is 18.3. The highest BCUT2D eigenvalue weighted by atomic mass is 32.1. The Morgan fingerprint density at radius 3 is 2.02 bits per heavy atom. The molecule has 4 aliphatic heterocycles. The third-order valence-electron chi connectivity index (χ3n) is 25.1. The number of likely N-dealkylation sites (tertiary alicyclic amines) is 1. The Hall–Kier alpha value is -11.9. The lowest BCUT2D eigenvalue weighted by Crippen LogP contribution is -2.73. The van der Waals surface area contributed by atoms with E-state index in [1.807, 2.05) is 65.0 Å². The second kappa shape index (κ2) is 38.8. The molecule has 0 saturated carbocycles. The number of thiophene rings is 3. The first kappa shape index (κ1) is 89.1. The van der Waals surface area contributed by atoms with Crippen molar-refractivity contribution in [3.8, 4) is 35.3 Å². The molecule has 0 radical (unpaired) electrons. The zero-order valence-electron chi connectivity index (χ0n) is 72.4. The minimum Gasteiger partial charge on any atom is -0.397 e. The Balaban J connectivity index is 0.426. The fourth-order valence-corrected chi connectivity index (χ4v) is 21.9. The summed E-state index contributed by atoms with van der Waals surface area (Å²) in [6, 6.07) is 30.7. The van der Waals surface area contributed by atoms with Crippen LogP contribution in [0.4, 0.5) is 17.1 Å². The highest BCUT2D eigenvalue weighted by Crippen LogP contribution is 2.40. The molecule has 35 heteroatoms. The first-order valence-electron chi connectivity index (χ1n) is 43.7. The summed E-state index contributed by atoms with van der Waals surface area (Å²) in [6.45, 7) is 18.8. The van der Waals surface area contributed by atoms with Gasteiger partial charge in [0.15, 0.2) is 10.3 Å². The Morgan fingerprint density at radius 2 is 1.35 bits per heavy atom. The van der Waals surface area contributed by atoms with Crippen molar-refractivity contribution in [2.75, 3.05) is 101 Å². The molecule has 6 atom stereocenters. The quantitative estimate of drug-likeness (QED) is 0.0105. The van der Waals surface area contributed by atoms with Crippen LogP contribution in [-0.4, -0.2) is 199 Å². The van der Waals surface area contributed by atoms with Crippen LogP contribution in [0.1, 0.15) is 133 Å². The zero-order valence-corrected chi connectivity index (χ0v) is 76.7. The summed E-state index contributed by atoms with van der Waals surface area (Å²) in [5.41, 5.74) is 16.7. The summed E-state index contributed by atoms with van der Waals surface area (Å²) in [5, 5.41) is 28.8. The van der Waals surface area contributed by atoms with Gasteiger partial charge in [-0.1, -0.05) is 37.0 Å². The van der Waals surface area contributed by atoms with Crippen LogP contribution in [0.5, 0.6) is 0 Å². The predicted octanol–water partition coefficient (Wildman–Crippen LogP) is 8.54. The lowest BCUT2D eigenvalue weighted by molar-refractivity contribution is -0.127. The number of carbonyl (C=O) groups excluding carboxylic acids is 6. The van der Waals surface area contributed by atoms with Crippen molar-refractivity contribution >= 4 is 153 Å². The van der Waals surface area contributed by atoms with Crippen LogP contribution in [0, 0.1) is 57.3 Å². The number of nitrogen functional groups attached to an aromatic ring is 1. The van der Waals surface area contributed by atoms with Gasteiger partial charge in [-0.05, 0) is 206 Å². The number of ether oxygens (including phenoxy) is 1. The smallest absolute Gasteiger partial charge is 0.296 e. The van der Waals surface area contributed by atoms with Crippen molar-refractivity contribution < 1.29 is 33.5 Å². The minimum atomic E-state index is -0.540. The molecule has 6 amide bonds. The number of benzene rings is 2. The molecule has 10 N–H and O–H groups in total. The van der Waals surface area contributed by atoms with Gasteiger partial charge in [0.2, 0.25) is 11.8 Å². The largest absolute Gasteiger partial charge is 0.397 e. The Labute approximate surface area is 768 Å². The van der Waals surface area contributed by atoms with Gasteiger partial charge >= 0.3 is 0 Å². The van der Waals surface area contributed by atoms with E-state index in [1.54, 1.807) is 41.4 Å². The second-order valence-electron chi connectivity index (χ2n) is 33.9. The first-order chi connectivity index (χ1) is 62.4. The lowest BCUT2D eigenvalue weighted by atomic mass is 9.84. The van der Waals surface area contributed by atoms with Gasteiger partial charge in [0.05, 0.1) is 63.6 Å². The van der Waals surface area contributed by atoms with Crippen LogP contribution in [0.15, 0.2) is 136 Å². The number of hydrogen-bond donors (Lipinski definition) is 11. The van der Waals surface area contributed by atoms with Crippen LogP contribution in [0.2, 0.25) is 0 Å². The van der Waals surface area contributed by atoms with E-state index in [0.29, 0.717) is 151 Å².